The molecule has 2 aromatic heterocycles. The Kier molecular flexibility index (Phi) is 4.64. The van der Waals surface area contributed by atoms with Crippen LogP contribution in [0.1, 0.15) is 29.2 Å². The maximum absolute atomic E-state index is 6.26. The third kappa shape index (κ3) is 2.87. The van der Waals surface area contributed by atoms with E-state index in [9.17, 15) is 0 Å². The average Bonchev–Trinajstić information content (AvgIpc) is 2.87. The Morgan fingerprint density at radius 1 is 1.44 bits per heavy atom. The Morgan fingerprint density at radius 2 is 2.17 bits per heavy atom. The van der Waals surface area contributed by atoms with E-state index in [-0.39, 0.29) is 6.04 Å². The molecule has 0 aromatic carbocycles. The highest BCUT2D eigenvalue weighted by molar-refractivity contribution is 9.11. The maximum Gasteiger partial charge on any atom is 0.0766 e. The van der Waals surface area contributed by atoms with Gasteiger partial charge in [0.2, 0.25) is 0 Å². The predicted octanol–water partition coefficient (Wildman–Crippen LogP) is 3.81. The van der Waals surface area contributed by atoms with Gasteiger partial charge in [0.05, 0.1) is 19.6 Å². The molecule has 6 heteroatoms. The van der Waals surface area contributed by atoms with Crippen LogP contribution in [0.15, 0.2) is 20.4 Å². The normalized spacial score (nSPS) is 12.9. The fraction of sp³-hybridized carbons (Fsp3) is 0.417. The molecule has 2 N–H and O–H groups in total. The molecule has 1 unspecified atom stereocenters. The molecule has 0 amide bonds. The molecule has 0 fully saturated rings. The van der Waals surface area contributed by atoms with Crippen LogP contribution in [0.5, 0.6) is 0 Å². The summed E-state index contributed by atoms with van der Waals surface area (Å²) in [7, 11) is 1.97. The second kappa shape index (κ2) is 5.86. The quantitative estimate of drug-likeness (QED) is 0.859. The Balaban J connectivity index is 2.21. The van der Waals surface area contributed by atoms with E-state index in [1.54, 1.807) is 11.3 Å². The summed E-state index contributed by atoms with van der Waals surface area (Å²) >= 11 is 8.78. The molecular weight excluding hydrogens is 378 g/mol. The summed E-state index contributed by atoms with van der Waals surface area (Å²) in [6.45, 7) is 2.10. The van der Waals surface area contributed by atoms with E-state index in [4.69, 9.17) is 5.73 Å². The number of hydrogen-bond donors (Lipinski definition) is 1. The lowest BCUT2D eigenvalue weighted by molar-refractivity contribution is 0.642. The van der Waals surface area contributed by atoms with Crippen LogP contribution in [-0.2, 0) is 19.9 Å². The number of nitrogens with two attached hydrogens (primary N) is 1. The van der Waals surface area contributed by atoms with Gasteiger partial charge in [-0.25, -0.2) is 0 Å². The number of rotatable bonds is 4. The Bertz CT molecular complexity index is 548. The largest absolute Gasteiger partial charge is 0.323 e. The van der Waals surface area contributed by atoms with Crippen LogP contribution in [0.25, 0.3) is 0 Å². The van der Waals surface area contributed by atoms with Crippen LogP contribution in [0.4, 0.5) is 0 Å². The van der Waals surface area contributed by atoms with Gasteiger partial charge in [0.15, 0.2) is 0 Å². The summed E-state index contributed by atoms with van der Waals surface area (Å²) in [6.07, 6.45) is 1.71. The molecule has 2 aromatic rings. The minimum atomic E-state index is 0.0118. The van der Waals surface area contributed by atoms with E-state index in [2.05, 4.69) is 49.9 Å². The van der Waals surface area contributed by atoms with Crippen molar-refractivity contribution in [1.29, 1.82) is 0 Å². The van der Waals surface area contributed by atoms with Crippen molar-refractivity contribution in [1.82, 2.24) is 9.78 Å². The second-order valence-corrected chi connectivity index (χ2v) is 7.42. The van der Waals surface area contributed by atoms with Crippen LogP contribution < -0.4 is 5.73 Å². The Labute approximate surface area is 128 Å². The fourth-order valence-corrected chi connectivity index (χ4v) is 4.08. The van der Waals surface area contributed by atoms with E-state index >= 15 is 0 Å². The monoisotopic (exact) mass is 391 g/mol. The van der Waals surface area contributed by atoms with Crippen molar-refractivity contribution in [3.63, 3.8) is 0 Å². The van der Waals surface area contributed by atoms with Gasteiger partial charge in [-0.1, -0.05) is 6.92 Å². The molecule has 18 heavy (non-hydrogen) atoms. The second-order valence-electron chi connectivity index (χ2n) is 4.14. The summed E-state index contributed by atoms with van der Waals surface area (Å²) < 4.78 is 4.13. The number of thiophene rings is 1. The van der Waals surface area contributed by atoms with Crippen LogP contribution in [-0.4, -0.2) is 9.78 Å². The van der Waals surface area contributed by atoms with Gasteiger partial charge in [-0.2, -0.15) is 5.10 Å². The van der Waals surface area contributed by atoms with Crippen molar-refractivity contribution in [3.8, 4) is 0 Å². The molecule has 1 atom stereocenters. The molecule has 98 valence electrons. The first-order chi connectivity index (χ1) is 8.52. The lowest BCUT2D eigenvalue weighted by Crippen LogP contribution is -2.14. The van der Waals surface area contributed by atoms with Crippen LogP contribution in [0, 0.1) is 0 Å². The van der Waals surface area contributed by atoms with Crippen molar-refractivity contribution in [2.45, 2.75) is 25.8 Å². The molecule has 0 saturated carbocycles. The van der Waals surface area contributed by atoms with Gasteiger partial charge in [0.25, 0.3) is 0 Å². The maximum atomic E-state index is 6.26. The van der Waals surface area contributed by atoms with E-state index in [1.165, 1.54) is 4.88 Å². The highest BCUT2D eigenvalue weighted by Gasteiger charge is 2.17. The number of nitrogens with zero attached hydrogens (tertiary/aromatic N) is 2. The molecule has 0 saturated heterocycles. The highest BCUT2D eigenvalue weighted by Crippen LogP contribution is 2.30. The fourth-order valence-electron chi connectivity index (χ4n) is 1.88. The SMILES string of the molecule is CCc1nn(C)c(CC(N)c2ccc(Br)s2)c1Br. The van der Waals surface area contributed by atoms with Crippen molar-refractivity contribution < 1.29 is 0 Å². The van der Waals surface area contributed by atoms with Gasteiger partial charge in [-0.05, 0) is 50.4 Å². The number of halogens is 2. The van der Waals surface area contributed by atoms with Gasteiger partial charge in [-0.15, -0.1) is 11.3 Å². The molecule has 2 heterocycles. The molecule has 0 aliphatic carbocycles. The number of aromatic nitrogens is 2. The third-order valence-corrected chi connectivity index (χ3v) is 5.55. The zero-order chi connectivity index (χ0) is 13.3. The standard InChI is InChI=1S/C12H15Br2N3S/c1-3-8-12(14)9(17(2)16-8)6-7(15)10-4-5-11(13)18-10/h4-5,7H,3,6,15H2,1-2H3. The first kappa shape index (κ1) is 14.2. The van der Waals surface area contributed by atoms with E-state index in [0.717, 1.165) is 32.5 Å². The van der Waals surface area contributed by atoms with Crippen molar-refractivity contribution in [3.05, 3.63) is 36.7 Å². The van der Waals surface area contributed by atoms with E-state index in [0.29, 0.717) is 0 Å². The Morgan fingerprint density at radius 3 is 2.67 bits per heavy atom. The van der Waals surface area contributed by atoms with Crippen molar-refractivity contribution in [2.75, 3.05) is 0 Å². The molecular formula is C12H15Br2N3S. The molecule has 0 bridgehead atoms. The van der Waals surface area contributed by atoms with Gasteiger partial charge >= 0.3 is 0 Å². The molecule has 2 rings (SSSR count). The summed E-state index contributed by atoms with van der Waals surface area (Å²) in [6, 6.07) is 4.12. The van der Waals surface area contributed by atoms with Gasteiger partial charge < -0.3 is 5.73 Å². The minimum absolute atomic E-state index is 0.0118. The van der Waals surface area contributed by atoms with E-state index in [1.807, 2.05) is 17.8 Å². The zero-order valence-corrected chi connectivity index (χ0v) is 14.3. The molecule has 0 aliphatic rings. The molecule has 3 nitrogen and oxygen atoms in total. The first-order valence-corrected chi connectivity index (χ1v) is 8.14. The summed E-state index contributed by atoms with van der Waals surface area (Å²) in [4.78, 5) is 1.19. The van der Waals surface area contributed by atoms with Crippen molar-refractivity contribution >= 4 is 43.2 Å². The van der Waals surface area contributed by atoms with Crippen LogP contribution >= 0.6 is 43.2 Å². The molecule has 0 spiro atoms. The summed E-state index contributed by atoms with van der Waals surface area (Å²) in [5, 5.41) is 4.49. The smallest absolute Gasteiger partial charge is 0.0766 e. The van der Waals surface area contributed by atoms with Gasteiger partial charge in [0.1, 0.15) is 0 Å². The van der Waals surface area contributed by atoms with Crippen LogP contribution in [0.2, 0.25) is 0 Å². The predicted molar refractivity (Wildman–Crippen MR) is 82.9 cm³/mol. The lowest BCUT2D eigenvalue weighted by Gasteiger charge is -2.10. The summed E-state index contributed by atoms with van der Waals surface area (Å²) in [5.74, 6) is 0. The Hall–Kier alpha value is -0.170. The average molecular weight is 393 g/mol. The first-order valence-electron chi connectivity index (χ1n) is 5.74. The van der Waals surface area contributed by atoms with E-state index < -0.39 is 0 Å². The number of hydrogen-bond acceptors (Lipinski definition) is 3. The van der Waals surface area contributed by atoms with Gasteiger partial charge in [-0.3, -0.25) is 4.68 Å². The van der Waals surface area contributed by atoms with Crippen molar-refractivity contribution in [2.24, 2.45) is 12.8 Å². The topological polar surface area (TPSA) is 43.8 Å². The lowest BCUT2D eigenvalue weighted by atomic mass is 10.1. The highest BCUT2D eigenvalue weighted by atomic mass is 79.9. The van der Waals surface area contributed by atoms with Gasteiger partial charge in [0, 0.05) is 24.4 Å². The summed E-state index contributed by atoms with van der Waals surface area (Å²) in [5.41, 5.74) is 8.50. The minimum Gasteiger partial charge on any atom is -0.323 e. The molecule has 0 aliphatic heterocycles. The number of aryl methyl sites for hydroxylation is 2. The zero-order valence-electron chi connectivity index (χ0n) is 10.3. The van der Waals surface area contributed by atoms with Crippen LogP contribution in [0.3, 0.4) is 0 Å². The molecule has 0 radical (unpaired) electrons. The third-order valence-electron chi connectivity index (χ3n) is 2.88.